The fourth-order valence-electron chi connectivity index (χ4n) is 1.89. The first kappa shape index (κ1) is 16.3. The predicted octanol–water partition coefficient (Wildman–Crippen LogP) is 2.47. The summed E-state index contributed by atoms with van der Waals surface area (Å²) < 4.78 is 37.5. The molecule has 1 fully saturated rings. The number of halogens is 3. The minimum Gasteiger partial charge on any atom is -0.352 e. The van der Waals surface area contributed by atoms with Crippen molar-refractivity contribution in [3.05, 3.63) is 0 Å². The molecule has 0 aromatic carbocycles. The van der Waals surface area contributed by atoms with E-state index in [1.54, 1.807) is 0 Å². The van der Waals surface area contributed by atoms with E-state index in [4.69, 9.17) is 0 Å². The lowest BCUT2D eigenvalue weighted by molar-refractivity contribution is -0.180. The Kier molecular flexibility index (Phi) is 4.87. The first-order valence-corrected chi connectivity index (χ1v) is 6.62. The summed E-state index contributed by atoms with van der Waals surface area (Å²) in [5, 5.41) is 5.56. The topological polar surface area (TPSA) is 41.1 Å². The van der Waals surface area contributed by atoms with Crippen LogP contribution in [0, 0.1) is 11.3 Å². The van der Waals surface area contributed by atoms with Crippen LogP contribution in [0.5, 0.6) is 0 Å². The molecule has 1 heterocycles. The van der Waals surface area contributed by atoms with E-state index in [-0.39, 0.29) is 36.8 Å². The van der Waals surface area contributed by atoms with Gasteiger partial charge in [0.05, 0.1) is 12.0 Å². The summed E-state index contributed by atoms with van der Waals surface area (Å²) in [6.45, 7) is 7.74. The van der Waals surface area contributed by atoms with Gasteiger partial charge in [0.25, 0.3) is 0 Å². The van der Waals surface area contributed by atoms with Crippen molar-refractivity contribution in [2.75, 3.05) is 6.54 Å². The summed E-state index contributed by atoms with van der Waals surface area (Å²) >= 11 is 0. The van der Waals surface area contributed by atoms with Crippen molar-refractivity contribution in [2.24, 2.45) is 11.3 Å². The van der Waals surface area contributed by atoms with Crippen molar-refractivity contribution < 1.29 is 18.0 Å². The number of hydrogen-bond donors (Lipinski definition) is 2. The van der Waals surface area contributed by atoms with Crippen LogP contribution in [-0.4, -0.2) is 30.7 Å². The van der Waals surface area contributed by atoms with Gasteiger partial charge in [0.1, 0.15) is 0 Å². The van der Waals surface area contributed by atoms with Crippen LogP contribution >= 0.6 is 0 Å². The number of rotatable bonds is 2. The molecule has 3 nitrogen and oxygen atoms in total. The SMILES string of the molecule is CC(NC(=O)C1CCC(C(F)(F)F)CN1)C(C)(C)C. The van der Waals surface area contributed by atoms with E-state index >= 15 is 0 Å². The lowest BCUT2D eigenvalue weighted by Crippen LogP contribution is -2.54. The first-order chi connectivity index (χ1) is 8.51. The molecule has 0 saturated carbocycles. The third-order valence-corrected chi connectivity index (χ3v) is 3.85. The normalized spacial score (nSPS) is 26.9. The van der Waals surface area contributed by atoms with Crippen molar-refractivity contribution in [3.8, 4) is 0 Å². The number of nitrogens with one attached hydrogen (secondary N) is 2. The van der Waals surface area contributed by atoms with Crippen molar-refractivity contribution in [2.45, 2.75) is 58.8 Å². The molecule has 3 unspecified atom stereocenters. The molecule has 0 bridgehead atoms. The highest BCUT2D eigenvalue weighted by Gasteiger charge is 2.42. The second-order valence-corrected chi connectivity index (χ2v) is 6.37. The Morgan fingerprint density at radius 1 is 1.26 bits per heavy atom. The van der Waals surface area contributed by atoms with Crippen LogP contribution in [0.15, 0.2) is 0 Å². The molecule has 0 aromatic rings. The lowest BCUT2D eigenvalue weighted by atomic mass is 9.87. The van der Waals surface area contributed by atoms with Gasteiger partial charge in [0.15, 0.2) is 0 Å². The van der Waals surface area contributed by atoms with Crippen LogP contribution in [0.3, 0.4) is 0 Å². The zero-order valence-corrected chi connectivity index (χ0v) is 11.9. The maximum Gasteiger partial charge on any atom is 0.393 e. The molecule has 0 aromatic heterocycles. The summed E-state index contributed by atoms with van der Waals surface area (Å²) in [7, 11) is 0. The molecule has 1 amide bonds. The minimum atomic E-state index is -4.17. The molecule has 6 heteroatoms. The zero-order chi connectivity index (χ0) is 14.8. The molecule has 0 aliphatic carbocycles. The van der Waals surface area contributed by atoms with E-state index in [1.807, 2.05) is 27.7 Å². The Bertz CT molecular complexity index is 315. The van der Waals surface area contributed by atoms with Crippen LogP contribution in [0.25, 0.3) is 0 Å². The van der Waals surface area contributed by atoms with Gasteiger partial charge in [-0.05, 0) is 25.2 Å². The van der Waals surface area contributed by atoms with Crippen LogP contribution in [-0.2, 0) is 4.79 Å². The Hall–Kier alpha value is -0.780. The van der Waals surface area contributed by atoms with Gasteiger partial charge in [0.2, 0.25) is 5.91 Å². The van der Waals surface area contributed by atoms with E-state index in [0.717, 1.165) is 0 Å². The van der Waals surface area contributed by atoms with E-state index < -0.39 is 18.1 Å². The van der Waals surface area contributed by atoms with Crippen molar-refractivity contribution in [1.29, 1.82) is 0 Å². The van der Waals surface area contributed by atoms with E-state index in [1.165, 1.54) is 0 Å². The summed E-state index contributed by atoms with van der Waals surface area (Å²) in [6, 6.07) is -0.537. The van der Waals surface area contributed by atoms with Gasteiger partial charge in [-0.15, -0.1) is 0 Å². The Morgan fingerprint density at radius 3 is 2.21 bits per heavy atom. The number of piperidine rings is 1. The van der Waals surface area contributed by atoms with Gasteiger partial charge >= 0.3 is 6.18 Å². The van der Waals surface area contributed by atoms with Crippen LogP contribution < -0.4 is 10.6 Å². The third kappa shape index (κ3) is 4.67. The molecule has 2 N–H and O–H groups in total. The number of amides is 1. The Morgan fingerprint density at radius 2 is 1.84 bits per heavy atom. The zero-order valence-electron chi connectivity index (χ0n) is 11.9. The fraction of sp³-hybridized carbons (Fsp3) is 0.923. The molecule has 1 aliphatic rings. The molecule has 19 heavy (non-hydrogen) atoms. The van der Waals surface area contributed by atoms with Crippen LogP contribution in [0.1, 0.15) is 40.5 Å². The molecule has 112 valence electrons. The van der Waals surface area contributed by atoms with Gasteiger partial charge in [-0.1, -0.05) is 20.8 Å². The Labute approximate surface area is 112 Å². The highest BCUT2D eigenvalue weighted by atomic mass is 19.4. The maximum absolute atomic E-state index is 12.5. The van der Waals surface area contributed by atoms with E-state index in [0.29, 0.717) is 0 Å². The summed E-state index contributed by atoms with van der Waals surface area (Å²) in [6.07, 6.45) is -3.93. The Balaban J connectivity index is 2.46. The van der Waals surface area contributed by atoms with Gasteiger partial charge in [-0.2, -0.15) is 13.2 Å². The van der Waals surface area contributed by atoms with Gasteiger partial charge in [-0.25, -0.2) is 0 Å². The lowest BCUT2D eigenvalue weighted by Gasteiger charge is -2.33. The highest BCUT2D eigenvalue weighted by molar-refractivity contribution is 5.82. The average molecular weight is 280 g/mol. The van der Waals surface area contributed by atoms with Crippen molar-refractivity contribution in [3.63, 3.8) is 0 Å². The van der Waals surface area contributed by atoms with Crippen molar-refractivity contribution in [1.82, 2.24) is 10.6 Å². The van der Waals surface area contributed by atoms with Gasteiger partial charge in [0, 0.05) is 12.6 Å². The van der Waals surface area contributed by atoms with Gasteiger partial charge in [-0.3, -0.25) is 4.79 Å². The minimum absolute atomic E-state index is 0.0124. The van der Waals surface area contributed by atoms with Crippen LogP contribution in [0.2, 0.25) is 0 Å². The maximum atomic E-state index is 12.5. The molecule has 0 radical (unpaired) electrons. The second kappa shape index (κ2) is 5.69. The summed E-state index contributed by atoms with van der Waals surface area (Å²) in [5.41, 5.74) is -0.0706. The molecule has 1 rings (SSSR count). The second-order valence-electron chi connectivity index (χ2n) is 6.37. The number of hydrogen-bond acceptors (Lipinski definition) is 2. The van der Waals surface area contributed by atoms with Gasteiger partial charge < -0.3 is 10.6 Å². The predicted molar refractivity (Wildman–Crippen MR) is 67.6 cm³/mol. The molecular formula is C13H23F3N2O. The number of carbonyl (C=O) groups is 1. The molecule has 0 spiro atoms. The number of alkyl halides is 3. The van der Waals surface area contributed by atoms with Crippen LogP contribution in [0.4, 0.5) is 13.2 Å². The monoisotopic (exact) mass is 280 g/mol. The van der Waals surface area contributed by atoms with E-state index in [2.05, 4.69) is 10.6 Å². The smallest absolute Gasteiger partial charge is 0.352 e. The largest absolute Gasteiger partial charge is 0.393 e. The summed E-state index contributed by atoms with van der Waals surface area (Å²) in [5.74, 6) is -1.54. The fourth-order valence-corrected chi connectivity index (χ4v) is 1.89. The molecule has 3 atom stereocenters. The standard InChI is InChI=1S/C13H23F3N2O/c1-8(12(2,3)4)18-11(19)10-6-5-9(7-17-10)13(14,15)16/h8-10,17H,5-7H2,1-4H3,(H,18,19). The third-order valence-electron chi connectivity index (χ3n) is 3.85. The molecular weight excluding hydrogens is 257 g/mol. The number of carbonyl (C=O) groups excluding carboxylic acids is 1. The highest BCUT2D eigenvalue weighted by Crippen LogP contribution is 2.32. The molecule has 1 aliphatic heterocycles. The molecule has 1 saturated heterocycles. The quantitative estimate of drug-likeness (QED) is 0.816. The average Bonchev–Trinajstić information content (AvgIpc) is 2.26. The summed E-state index contributed by atoms with van der Waals surface area (Å²) in [4.78, 5) is 12.0. The van der Waals surface area contributed by atoms with Crippen molar-refractivity contribution >= 4 is 5.91 Å². The first-order valence-electron chi connectivity index (χ1n) is 6.62. The van der Waals surface area contributed by atoms with E-state index in [9.17, 15) is 18.0 Å².